The fourth-order valence-electron chi connectivity index (χ4n) is 2.56. The molecule has 0 aliphatic heterocycles. The highest BCUT2D eigenvalue weighted by Crippen LogP contribution is 2.17. The van der Waals surface area contributed by atoms with Crippen LogP contribution in [0.5, 0.6) is 0 Å². The van der Waals surface area contributed by atoms with Crippen molar-refractivity contribution in [2.45, 2.75) is 47.1 Å². The fourth-order valence-corrected chi connectivity index (χ4v) is 2.56. The summed E-state index contributed by atoms with van der Waals surface area (Å²) in [7, 11) is 0. The number of amides is 1. The summed E-state index contributed by atoms with van der Waals surface area (Å²) in [4.78, 5) is 16.0. The average Bonchev–Trinajstić information content (AvgIpc) is 2.73. The van der Waals surface area contributed by atoms with Gasteiger partial charge in [-0.3, -0.25) is 9.48 Å². The second-order valence-electron chi connectivity index (χ2n) is 6.25. The molecule has 0 saturated heterocycles. The summed E-state index contributed by atoms with van der Waals surface area (Å²) in [5, 5.41) is 7.42. The molecule has 7 heteroatoms. The third kappa shape index (κ3) is 5.23. The summed E-state index contributed by atoms with van der Waals surface area (Å²) < 4.78 is 2.04. The van der Waals surface area contributed by atoms with Gasteiger partial charge in [-0.15, -0.1) is 12.4 Å². The molecule has 2 aromatic rings. The second-order valence-corrected chi connectivity index (χ2v) is 6.25. The Labute approximate surface area is 149 Å². The minimum Gasteiger partial charge on any atom is -0.384 e. The first-order chi connectivity index (χ1) is 10.9. The lowest BCUT2D eigenvalue weighted by atomic mass is 10.1. The normalized spacial score (nSPS) is 10.5. The monoisotopic (exact) mass is 351 g/mol. The van der Waals surface area contributed by atoms with Gasteiger partial charge in [0.15, 0.2) is 0 Å². The van der Waals surface area contributed by atoms with Gasteiger partial charge < -0.3 is 11.1 Å². The number of nitrogens with one attached hydrogen (secondary N) is 1. The zero-order valence-corrected chi connectivity index (χ0v) is 15.5. The molecule has 6 nitrogen and oxygen atoms in total. The minimum absolute atomic E-state index is 0. The van der Waals surface area contributed by atoms with Crippen molar-refractivity contribution in [1.29, 1.82) is 0 Å². The van der Waals surface area contributed by atoms with E-state index in [0.29, 0.717) is 30.3 Å². The number of hydrogen-bond donors (Lipinski definition) is 2. The largest absolute Gasteiger partial charge is 0.384 e. The Morgan fingerprint density at radius 1 is 1.33 bits per heavy atom. The molecule has 2 rings (SSSR count). The van der Waals surface area contributed by atoms with E-state index in [4.69, 9.17) is 5.73 Å². The lowest BCUT2D eigenvalue weighted by Gasteiger charge is -2.08. The van der Waals surface area contributed by atoms with E-state index in [1.54, 1.807) is 18.3 Å². The van der Waals surface area contributed by atoms with E-state index in [1.807, 2.05) is 11.6 Å². The van der Waals surface area contributed by atoms with Crippen molar-refractivity contribution < 1.29 is 4.79 Å². The number of hydrogen-bond acceptors (Lipinski definition) is 4. The molecule has 0 aliphatic carbocycles. The van der Waals surface area contributed by atoms with Gasteiger partial charge >= 0.3 is 0 Å². The van der Waals surface area contributed by atoms with Crippen molar-refractivity contribution in [3.05, 3.63) is 35.3 Å². The van der Waals surface area contributed by atoms with E-state index in [1.165, 1.54) is 0 Å². The molecule has 3 N–H and O–H groups in total. The zero-order valence-electron chi connectivity index (χ0n) is 14.7. The Morgan fingerprint density at radius 2 is 2.04 bits per heavy atom. The van der Waals surface area contributed by atoms with Crippen molar-refractivity contribution >= 4 is 29.8 Å². The summed E-state index contributed by atoms with van der Waals surface area (Å²) in [6.07, 6.45) is 2.66. The van der Waals surface area contributed by atoms with Crippen molar-refractivity contribution in [3.63, 3.8) is 0 Å². The smallest absolute Gasteiger partial charge is 0.224 e. The number of nitrogens with zero attached hydrogens (tertiary/aromatic N) is 3. The summed E-state index contributed by atoms with van der Waals surface area (Å²) in [5.41, 5.74) is 9.51. The molecule has 0 radical (unpaired) electrons. The SMILES string of the molecule is Cc1nn(CC(C)C)c(C)c1CCC(=O)Nc1ccc(N)nc1.Cl. The van der Waals surface area contributed by atoms with E-state index in [9.17, 15) is 4.79 Å². The predicted molar refractivity (Wildman–Crippen MR) is 99.4 cm³/mol. The standard InChI is InChI=1S/C17H25N5O.ClH/c1-11(2)10-22-13(4)15(12(3)21-22)6-8-17(23)20-14-5-7-16(18)19-9-14;/h5,7,9,11H,6,8,10H2,1-4H3,(H2,18,19)(H,20,23);1H. The first kappa shape index (κ1) is 20.0. The number of aryl methyl sites for hydroxylation is 1. The van der Waals surface area contributed by atoms with Gasteiger partial charge in [0.1, 0.15) is 5.82 Å². The van der Waals surface area contributed by atoms with Crippen LogP contribution in [0.2, 0.25) is 0 Å². The Balaban J connectivity index is 0.00000288. The molecule has 0 fully saturated rings. The van der Waals surface area contributed by atoms with E-state index in [0.717, 1.165) is 23.5 Å². The molecule has 0 atom stereocenters. The average molecular weight is 352 g/mol. The Kier molecular flexibility index (Phi) is 7.22. The molecule has 0 unspecified atom stereocenters. The molecule has 2 aromatic heterocycles. The number of aromatic nitrogens is 3. The van der Waals surface area contributed by atoms with Gasteiger partial charge in [-0.1, -0.05) is 13.8 Å². The molecule has 24 heavy (non-hydrogen) atoms. The van der Waals surface area contributed by atoms with Gasteiger partial charge in [-0.25, -0.2) is 4.98 Å². The van der Waals surface area contributed by atoms with Crippen LogP contribution in [-0.4, -0.2) is 20.7 Å². The highest BCUT2D eigenvalue weighted by Gasteiger charge is 2.14. The van der Waals surface area contributed by atoms with E-state index >= 15 is 0 Å². The van der Waals surface area contributed by atoms with Gasteiger partial charge in [0.2, 0.25) is 5.91 Å². The summed E-state index contributed by atoms with van der Waals surface area (Å²) in [5.74, 6) is 0.945. The van der Waals surface area contributed by atoms with Gasteiger partial charge in [-0.05, 0) is 43.9 Å². The zero-order chi connectivity index (χ0) is 17.0. The molecule has 0 aliphatic rings. The van der Waals surface area contributed by atoms with Gasteiger partial charge in [0.05, 0.1) is 17.6 Å². The van der Waals surface area contributed by atoms with Gasteiger partial charge in [0.25, 0.3) is 0 Å². The van der Waals surface area contributed by atoms with Crippen LogP contribution in [-0.2, 0) is 17.8 Å². The predicted octanol–water partition coefficient (Wildman–Crippen LogP) is 3.13. The number of pyridine rings is 1. The van der Waals surface area contributed by atoms with Crippen molar-refractivity contribution in [3.8, 4) is 0 Å². The molecule has 0 spiro atoms. The minimum atomic E-state index is -0.0352. The number of halogens is 1. The van der Waals surface area contributed by atoms with Crippen molar-refractivity contribution in [1.82, 2.24) is 14.8 Å². The number of anilines is 2. The van der Waals surface area contributed by atoms with Crippen LogP contribution < -0.4 is 11.1 Å². The maximum Gasteiger partial charge on any atom is 0.224 e. The van der Waals surface area contributed by atoms with E-state index < -0.39 is 0 Å². The number of rotatable bonds is 6. The number of carbonyl (C=O) groups excluding carboxylic acids is 1. The van der Waals surface area contributed by atoms with Crippen molar-refractivity contribution in [2.24, 2.45) is 5.92 Å². The number of nitrogens with two attached hydrogens (primary N) is 1. The molecule has 0 aromatic carbocycles. The highest BCUT2D eigenvalue weighted by molar-refractivity contribution is 5.90. The molecule has 2 heterocycles. The molecule has 1 amide bonds. The molecule has 132 valence electrons. The Bertz CT molecular complexity index is 679. The third-order valence-electron chi connectivity index (χ3n) is 3.74. The lowest BCUT2D eigenvalue weighted by molar-refractivity contribution is -0.116. The van der Waals surface area contributed by atoms with E-state index in [-0.39, 0.29) is 18.3 Å². The Morgan fingerprint density at radius 3 is 2.62 bits per heavy atom. The molecule has 0 bridgehead atoms. The molecule has 0 saturated carbocycles. The van der Waals surface area contributed by atoms with Crippen LogP contribution in [0.1, 0.15) is 37.2 Å². The van der Waals surface area contributed by atoms with E-state index in [2.05, 4.69) is 36.2 Å². The van der Waals surface area contributed by atoms with Crippen LogP contribution in [0.3, 0.4) is 0 Å². The van der Waals surface area contributed by atoms with Crippen LogP contribution in [0.4, 0.5) is 11.5 Å². The van der Waals surface area contributed by atoms with Crippen LogP contribution in [0.25, 0.3) is 0 Å². The van der Waals surface area contributed by atoms with Crippen LogP contribution in [0, 0.1) is 19.8 Å². The van der Waals surface area contributed by atoms with Gasteiger partial charge in [0, 0.05) is 18.7 Å². The topological polar surface area (TPSA) is 85.8 Å². The lowest BCUT2D eigenvalue weighted by Crippen LogP contribution is -2.13. The molecular formula is C17H26ClN5O. The summed E-state index contributed by atoms with van der Waals surface area (Å²) >= 11 is 0. The van der Waals surface area contributed by atoms with Crippen LogP contribution >= 0.6 is 12.4 Å². The summed E-state index contributed by atoms with van der Waals surface area (Å²) in [6.45, 7) is 9.31. The third-order valence-corrected chi connectivity index (χ3v) is 3.74. The molecular weight excluding hydrogens is 326 g/mol. The first-order valence-electron chi connectivity index (χ1n) is 7.91. The first-order valence-corrected chi connectivity index (χ1v) is 7.91. The fraction of sp³-hybridized carbons (Fsp3) is 0.471. The highest BCUT2D eigenvalue weighted by atomic mass is 35.5. The quantitative estimate of drug-likeness (QED) is 0.837. The maximum absolute atomic E-state index is 12.1. The number of carbonyl (C=O) groups is 1. The van der Waals surface area contributed by atoms with Crippen LogP contribution in [0.15, 0.2) is 18.3 Å². The number of nitrogen functional groups attached to an aromatic ring is 1. The Hall–Kier alpha value is -2.08. The summed E-state index contributed by atoms with van der Waals surface area (Å²) in [6, 6.07) is 3.41. The maximum atomic E-state index is 12.1. The second kappa shape index (κ2) is 8.68. The van der Waals surface area contributed by atoms with Crippen molar-refractivity contribution in [2.75, 3.05) is 11.1 Å². The van der Waals surface area contributed by atoms with Gasteiger partial charge in [-0.2, -0.15) is 5.10 Å².